The van der Waals surface area contributed by atoms with Gasteiger partial charge < -0.3 is 15.2 Å². The molecule has 112 valence electrons. The molecule has 20 heavy (non-hydrogen) atoms. The third-order valence-electron chi connectivity index (χ3n) is 4.11. The van der Waals surface area contributed by atoms with Crippen LogP contribution >= 0.6 is 0 Å². The highest BCUT2D eigenvalue weighted by Crippen LogP contribution is 2.33. The Labute approximate surface area is 120 Å². The minimum absolute atomic E-state index is 0.499. The minimum Gasteiger partial charge on any atom is -0.478 e. The molecule has 1 saturated carbocycles. The topological polar surface area (TPSA) is 67.3 Å². The molecule has 0 radical (unpaired) electrons. The molecule has 0 aliphatic heterocycles. The van der Waals surface area contributed by atoms with Gasteiger partial charge in [-0.2, -0.15) is 4.98 Å². The van der Waals surface area contributed by atoms with Crippen LogP contribution in [-0.4, -0.2) is 33.8 Å². The Kier molecular flexibility index (Phi) is 5.17. The number of anilines is 1. The third-order valence-corrected chi connectivity index (χ3v) is 4.11. The highest BCUT2D eigenvalue weighted by atomic mass is 16.5. The molecule has 0 amide bonds. The van der Waals surface area contributed by atoms with E-state index in [4.69, 9.17) is 4.74 Å². The summed E-state index contributed by atoms with van der Waals surface area (Å²) >= 11 is 0. The zero-order chi connectivity index (χ0) is 14.4. The second kappa shape index (κ2) is 6.88. The number of rotatable bonds is 6. The Morgan fingerprint density at radius 2 is 2.15 bits per heavy atom. The second-order valence-electron chi connectivity index (χ2n) is 5.58. The molecule has 0 spiro atoms. The van der Waals surface area contributed by atoms with Crippen molar-refractivity contribution in [1.82, 2.24) is 9.97 Å². The smallest absolute Gasteiger partial charge is 0.226 e. The molecule has 1 heterocycles. The minimum atomic E-state index is -0.628. The normalized spacial score (nSPS) is 26.2. The quantitative estimate of drug-likeness (QED) is 0.838. The Balaban J connectivity index is 1.87. The third kappa shape index (κ3) is 4.07. The fourth-order valence-electron chi connectivity index (χ4n) is 2.70. The van der Waals surface area contributed by atoms with E-state index in [1.807, 2.05) is 6.92 Å². The molecule has 2 N–H and O–H groups in total. The Bertz CT molecular complexity index is 417. The molecule has 1 aromatic rings. The first-order valence-corrected chi connectivity index (χ1v) is 7.57. The molecule has 1 aliphatic carbocycles. The van der Waals surface area contributed by atoms with Crippen LogP contribution < -0.4 is 10.1 Å². The summed E-state index contributed by atoms with van der Waals surface area (Å²) < 4.78 is 5.34. The predicted molar refractivity (Wildman–Crippen MR) is 78.9 cm³/mol. The summed E-state index contributed by atoms with van der Waals surface area (Å²) in [4.78, 5) is 8.41. The van der Waals surface area contributed by atoms with Crippen molar-refractivity contribution in [3.05, 3.63) is 12.3 Å². The molecule has 0 atom stereocenters. The summed E-state index contributed by atoms with van der Waals surface area (Å²) in [5, 5.41) is 13.7. The van der Waals surface area contributed by atoms with Crippen molar-refractivity contribution >= 4 is 5.95 Å². The number of nitrogens with zero attached hydrogens (tertiary/aromatic N) is 2. The van der Waals surface area contributed by atoms with Gasteiger partial charge in [0.1, 0.15) is 0 Å². The van der Waals surface area contributed by atoms with Gasteiger partial charge in [-0.05, 0) is 38.5 Å². The van der Waals surface area contributed by atoms with Gasteiger partial charge in [0, 0.05) is 18.8 Å². The van der Waals surface area contributed by atoms with Gasteiger partial charge in [0.25, 0.3) is 0 Å². The van der Waals surface area contributed by atoms with E-state index in [2.05, 4.69) is 22.2 Å². The number of hydrogen-bond donors (Lipinski definition) is 2. The summed E-state index contributed by atoms with van der Waals surface area (Å²) in [5.41, 5.74) is -0.628. The fraction of sp³-hybridized carbons (Fsp3) is 0.733. The lowest BCUT2D eigenvalue weighted by atomic mass is 9.78. The number of hydrogen-bond acceptors (Lipinski definition) is 5. The van der Waals surface area contributed by atoms with Crippen LogP contribution in [0.3, 0.4) is 0 Å². The van der Waals surface area contributed by atoms with Crippen LogP contribution in [0.2, 0.25) is 0 Å². The van der Waals surface area contributed by atoms with Crippen molar-refractivity contribution < 1.29 is 9.84 Å². The molecular weight excluding hydrogens is 254 g/mol. The van der Waals surface area contributed by atoms with Gasteiger partial charge in [0.15, 0.2) is 0 Å². The van der Waals surface area contributed by atoms with Crippen LogP contribution in [0.25, 0.3) is 0 Å². The monoisotopic (exact) mass is 279 g/mol. The van der Waals surface area contributed by atoms with E-state index in [9.17, 15) is 5.11 Å². The largest absolute Gasteiger partial charge is 0.478 e. The maximum atomic E-state index is 10.6. The van der Waals surface area contributed by atoms with Gasteiger partial charge in [-0.15, -0.1) is 0 Å². The predicted octanol–water partition coefficient (Wildman–Crippen LogP) is 2.62. The maximum Gasteiger partial charge on any atom is 0.226 e. The SMILES string of the molecule is CCOc1ccnc(NCC2(O)CCC(CC)CC2)n1. The lowest BCUT2D eigenvalue weighted by Crippen LogP contribution is -2.40. The molecule has 1 fully saturated rings. The Morgan fingerprint density at radius 1 is 1.40 bits per heavy atom. The van der Waals surface area contributed by atoms with Gasteiger partial charge in [-0.3, -0.25) is 0 Å². The molecule has 0 unspecified atom stereocenters. The van der Waals surface area contributed by atoms with Crippen molar-refractivity contribution in [1.29, 1.82) is 0 Å². The first kappa shape index (κ1) is 15.0. The number of nitrogens with one attached hydrogen (secondary N) is 1. The summed E-state index contributed by atoms with van der Waals surface area (Å²) in [6.45, 7) is 5.22. The van der Waals surface area contributed by atoms with Crippen LogP contribution in [0, 0.1) is 5.92 Å². The van der Waals surface area contributed by atoms with Crippen LogP contribution in [0.4, 0.5) is 5.95 Å². The molecule has 1 aliphatic rings. The van der Waals surface area contributed by atoms with Crippen LogP contribution in [0.5, 0.6) is 5.88 Å². The average molecular weight is 279 g/mol. The zero-order valence-corrected chi connectivity index (χ0v) is 12.4. The summed E-state index contributed by atoms with van der Waals surface area (Å²) in [6.07, 6.45) is 6.79. The first-order valence-electron chi connectivity index (χ1n) is 7.57. The van der Waals surface area contributed by atoms with Crippen molar-refractivity contribution in [2.24, 2.45) is 5.92 Å². The summed E-state index contributed by atoms with van der Waals surface area (Å²) in [5.74, 6) is 1.85. The first-order chi connectivity index (χ1) is 9.65. The molecule has 5 nitrogen and oxygen atoms in total. The lowest BCUT2D eigenvalue weighted by molar-refractivity contribution is 0.00215. The van der Waals surface area contributed by atoms with Gasteiger partial charge >= 0.3 is 0 Å². The Hall–Kier alpha value is -1.36. The van der Waals surface area contributed by atoms with E-state index in [1.54, 1.807) is 12.3 Å². The van der Waals surface area contributed by atoms with Crippen LogP contribution in [0.15, 0.2) is 12.3 Å². The van der Waals surface area contributed by atoms with E-state index in [1.165, 1.54) is 6.42 Å². The van der Waals surface area contributed by atoms with Gasteiger partial charge in [-0.25, -0.2) is 4.98 Å². The van der Waals surface area contributed by atoms with Crippen molar-refractivity contribution in [3.8, 4) is 5.88 Å². The molecule has 5 heteroatoms. The maximum absolute atomic E-state index is 10.6. The fourth-order valence-corrected chi connectivity index (χ4v) is 2.70. The molecule has 0 bridgehead atoms. The van der Waals surface area contributed by atoms with Gasteiger partial charge in [-0.1, -0.05) is 13.3 Å². The second-order valence-corrected chi connectivity index (χ2v) is 5.58. The van der Waals surface area contributed by atoms with Gasteiger partial charge in [0.05, 0.1) is 12.2 Å². The van der Waals surface area contributed by atoms with Crippen molar-refractivity contribution in [3.63, 3.8) is 0 Å². The average Bonchev–Trinajstić information content (AvgIpc) is 2.47. The van der Waals surface area contributed by atoms with E-state index >= 15 is 0 Å². The van der Waals surface area contributed by atoms with E-state index in [0.717, 1.165) is 31.6 Å². The molecule has 0 aromatic carbocycles. The summed E-state index contributed by atoms with van der Waals surface area (Å²) in [6, 6.07) is 1.73. The molecular formula is C15H25N3O2. The highest BCUT2D eigenvalue weighted by molar-refractivity contribution is 5.28. The summed E-state index contributed by atoms with van der Waals surface area (Å²) in [7, 11) is 0. The standard InChI is InChI=1S/C15H25N3O2/c1-3-12-5-8-15(19,9-6-12)11-17-14-16-10-7-13(18-14)20-4-2/h7,10,12,19H,3-6,8-9,11H2,1-2H3,(H,16,17,18). The van der Waals surface area contributed by atoms with Crippen LogP contribution in [-0.2, 0) is 0 Å². The van der Waals surface area contributed by atoms with Crippen molar-refractivity contribution in [2.75, 3.05) is 18.5 Å². The number of aromatic nitrogens is 2. The van der Waals surface area contributed by atoms with Gasteiger partial charge in [0.2, 0.25) is 11.8 Å². The van der Waals surface area contributed by atoms with Crippen LogP contribution in [0.1, 0.15) is 46.0 Å². The van der Waals surface area contributed by atoms with E-state index < -0.39 is 5.60 Å². The Morgan fingerprint density at radius 3 is 2.80 bits per heavy atom. The van der Waals surface area contributed by atoms with E-state index in [0.29, 0.717) is 25.0 Å². The zero-order valence-electron chi connectivity index (χ0n) is 12.4. The van der Waals surface area contributed by atoms with Crippen molar-refractivity contribution in [2.45, 2.75) is 51.6 Å². The number of aliphatic hydroxyl groups is 1. The molecule has 2 rings (SSSR count). The number of ether oxygens (including phenoxy) is 1. The molecule has 1 aromatic heterocycles. The highest BCUT2D eigenvalue weighted by Gasteiger charge is 2.32. The lowest BCUT2D eigenvalue weighted by Gasteiger charge is -2.35. The molecule has 0 saturated heterocycles. The van der Waals surface area contributed by atoms with E-state index in [-0.39, 0.29) is 0 Å².